The molecule has 1 saturated heterocycles. The predicted molar refractivity (Wildman–Crippen MR) is 113 cm³/mol. The second kappa shape index (κ2) is 7.68. The van der Waals surface area contributed by atoms with E-state index in [1.54, 1.807) is 6.20 Å². The molecule has 5 nitrogen and oxygen atoms in total. The van der Waals surface area contributed by atoms with Crippen molar-refractivity contribution in [3.05, 3.63) is 76.6 Å². The topological polar surface area (TPSA) is 41.4 Å². The molecular formula is C22H23ClN4O. The molecular weight excluding hydrogens is 372 g/mol. The van der Waals surface area contributed by atoms with Gasteiger partial charge in [-0.25, -0.2) is 4.68 Å². The maximum Gasteiger partial charge on any atom is 0.253 e. The molecule has 0 unspecified atom stereocenters. The molecule has 0 radical (unpaired) electrons. The van der Waals surface area contributed by atoms with E-state index in [0.717, 1.165) is 35.2 Å². The van der Waals surface area contributed by atoms with E-state index in [4.69, 9.17) is 11.6 Å². The smallest absolute Gasteiger partial charge is 0.253 e. The Hall–Kier alpha value is -2.79. The number of rotatable bonds is 3. The monoisotopic (exact) mass is 394 g/mol. The number of carbonyl (C=O) groups is 1. The Morgan fingerprint density at radius 3 is 2.32 bits per heavy atom. The van der Waals surface area contributed by atoms with Gasteiger partial charge >= 0.3 is 0 Å². The van der Waals surface area contributed by atoms with Crippen LogP contribution in [0.1, 0.15) is 21.6 Å². The molecule has 1 amide bonds. The fourth-order valence-corrected chi connectivity index (χ4v) is 3.81. The van der Waals surface area contributed by atoms with Crippen LogP contribution in [0.25, 0.3) is 5.69 Å². The lowest BCUT2D eigenvalue weighted by molar-refractivity contribution is 0.0747. The van der Waals surface area contributed by atoms with Crippen LogP contribution in [0.2, 0.25) is 5.02 Å². The van der Waals surface area contributed by atoms with Crippen LogP contribution < -0.4 is 4.90 Å². The summed E-state index contributed by atoms with van der Waals surface area (Å²) >= 11 is 6.16. The van der Waals surface area contributed by atoms with Crippen molar-refractivity contribution in [1.82, 2.24) is 14.7 Å². The highest BCUT2D eigenvalue weighted by Gasteiger charge is 2.23. The molecule has 2 heterocycles. The number of nitrogens with zero attached hydrogens (tertiary/aromatic N) is 4. The van der Waals surface area contributed by atoms with Gasteiger partial charge in [-0.3, -0.25) is 4.79 Å². The van der Waals surface area contributed by atoms with Crippen molar-refractivity contribution < 1.29 is 4.79 Å². The minimum absolute atomic E-state index is 0.0752. The minimum atomic E-state index is 0.0752. The summed E-state index contributed by atoms with van der Waals surface area (Å²) in [6.07, 6.45) is 1.77. The summed E-state index contributed by atoms with van der Waals surface area (Å²) in [6, 6.07) is 15.6. The molecule has 1 aromatic heterocycles. The molecule has 0 atom stereocenters. The molecule has 0 bridgehead atoms. The summed E-state index contributed by atoms with van der Waals surface area (Å²) in [4.78, 5) is 17.1. The fourth-order valence-electron chi connectivity index (χ4n) is 3.64. The summed E-state index contributed by atoms with van der Waals surface area (Å²) in [6.45, 7) is 7.10. The normalized spacial score (nSPS) is 14.4. The Bertz CT molecular complexity index is 988. The van der Waals surface area contributed by atoms with Gasteiger partial charge in [0.25, 0.3) is 5.91 Å². The number of amides is 1. The highest BCUT2D eigenvalue weighted by Crippen LogP contribution is 2.25. The molecule has 4 rings (SSSR count). The van der Waals surface area contributed by atoms with Gasteiger partial charge in [-0.1, -0.05) is 17.7 Å². The Labute approximate surface area is 170 Å². The molecule has 0 spiro atoms. The van der Waals surface area contributed by atoms with Gasteiger partial charge in [0.05, 0.1) is 5.69 Å². The molecule has 144 valence electrons. The second-order valence-corrected chi connectivity index (χ2v) is 7.58. The van der Waals surface area contributed by atoms with Gasteiger partial charge in [0.1, 0.15) is 0 Å². The number of halogens is 1. The number of benzene rings is 2. The van der Waals surface area contributed by atoms with Gasteiger partial charge < -0.3 is 9.80 Å². The zero-order valence-corrected chi connectivity index (χ0v) is 16.9. The summed E-state index contributed by atoms with van der Waals surface area (Å²) in [7, 11) is 0. The number of carbonyl (C=O) groups excluding carboxylic acids is 1. The number of aryl methyl sites for hydroxylation is 2. The van der Waals surface area contributed by atoms with Crippen molar-refractivity contribution in [1.29, 1.82) is 0 Å². The van der Waals surface area contributed by atoms with Crippen LogP contribution in [-0.4, -0.2) is 46.8 Å². The third-order valence-electron chi connectivity index (χ3n) is 5.27. The summed E-state index contributed by atoms with van der Waals surface area (Å²) in [5, 5.41) is 5.05. The molecule has 28 heavy (non-hydrogen) atoms. The minimum Gasteiger partial charge on any atom is -0.368 e. The van der Waals surface area contributed by atoms with Crippen molar-refractivity contribution in [3.63, 3.8) is 0 Å². The molecule has 3 aromatic rings. The second-order valence-electron chi connectivity index (χ2n) is 7.14. The van der Waals surface area contributed by atoms with E-state index < -0.39 is 0 Å². The lowest BCUT2D eigenvalue weighted by atomic mass is 10.1. The van der Waals surface area contributed by atoms with Gasteiger partial charge in [0.2, 0.25) is 0 Å². The number of anilines is 1. The van der Waals surface area contributed by atoms with Crippen molar-refractivity contribution in [2.75, 3.05) is 31.1 Å². The zero-order chi connectivity index (χ0) is 19.7. The van der Waals surface area contributed by atoms with E-state index in [0.29, 0.717) is 18.7 Å². The van der Waals surface area contributed by atoms with E-state index in [2.05, 4.69) is 16.9 Å². The standard InChI is InChI=1S/C22H23ClN4O/c1-16-3-6-19(23)15-21(16)25-11-13-26(14-12-25)22(28)18-4-7-20(8-5-18)27-17(2)9-10-24-27/h3-10,15H,11-14H2,1-2H3. The fraction of sp³-hybridized carbons (Fsp3) is 0.273. The van der Waals surface area contributed by atoms with Crippen LogP contribution in [-0.2, 0) is 0 Å². The summed E-state index contributed by atoms with van der Waals surface area (Å²) in [5.74, 6) is 0.0752. The maximum atomic E-state index is 12.9. The highest BCUT2D eigenvalue weighted by atomic mass is 35.5. The average molecular weight is 395 g/mol. The maximum absolute atomic E-state index is 12.9. The van der Waals surface area contributed by atoms with E-state index >= 15 is 0 Å². The van der Waals surface area contributed by atoms with Crippen LogP contribution >= 0.6 is 11.6 Å². The van der Waals surface area contributed by atoms with E-state index in [-0.39, 0.29) is 5.91 Å². The van der Waals surface area contributed by atoms with E-state index in [1.807, 2.05) is 65.0 Å². The molecule has 0 saturated carbocycles. The molecule has 1 fully saturated rings. The molecule has 0 aliphatic carbocycles. The largest absolute Gasteiger partial charge is 0.368 e. The highest BCUT2D eigenvalue weighted by molar-refractivity contribution is 6.30. The Morgan fingerprint density at radius 1 is 0.964 bits per heavy atom. The molecule has 0 N–H and O–H groups in total. The van der Waals surface area contributed by atoms with Crippen LogP contribution in [0.4, 0.5) is 5.69 Å². The van der Waals surface area contributed by atoms with Gasteiger partial charge in [-0.15, -0.1) is 0 Å². The molecule has 1 aliphatic heterocycles. The first kappa shape index (κ1) is 18.6. The third kappa shape index (κ3) is 3.62. The lowest BCUT2D eigenvalue weighted by Gasteiger charge is -2.37. The van der Waals surface area contributed by atoms with E-state index in [9.17, 15) is 4.79 Å². The average Bonchev–Trinajstić information content (AvgIpc) is 3.15. The lowest BCUT2D eigenvalue weighted by Crippen LogP contribution is -2.49. The molecule has 6 heteroatoms. The van der Waals surface area contributed by atoms with Crippen molar-refractivity contribution in [2.24, 2.45) is 0 Å². The number of hydrogen-bond acceptors (Lipinski definition) is 3. The first-order valence-electron chi connectivity index (χ1n) is 9.44. The van der Waals surface area contributed by atoms with Gasteiger partial charge in [0.15, 0.2) is 0 Å². The number of piperazine rings is 1. The van der Waals surface area contributed by atoms with Gasteiger partial charge in [-0.2, -0.15) is 5.10 Å². The van der Waals surface area contributed by atoms with Crippen LogP contribution in [0.15, 0.2) is 54.7 Å². The quantitative estimate of drug-likeness (QED) is 0.671. The Kier molecular flexibility index (Phi) is 5.09. The molecule has 1 aliphatic rings. The zero-order valence-electron chi connectivity index (χ0n) is 16.1. The van der Waals surface area contributed by atoms with Crippen molar-refractivity contribution >= 4 is 23.2 Å². The molecule has 2 aromatic carbocycles. The first-order valence-corrected chi connectivity index (χ1v) is 9.82. The Balaban J connectivity index is 1.43. The Morgan fingerprint density at radius 2 is 1.68 bits per heavy atom. The first-order chi connectivity index (χ1) is 13.5. The van der Waals surface area contributed by atoms with Gasteiger partial charge in [0, 0.05) is 54.3 Å². The van der Waals surface area contributed by atoms with E-state index in [1.165, 1.54) is 5.56 Å². The van der Waals surface area contributed by atoms with Gasteiger partial charge in [-0.05, 0) is 61.9 Å². The van der Waals surface area contributed by atoms with Crippen LogP contribution in [0.3, 0.4) is 0 Å². The van der Waals surface area contributed by atoms with Crippen molar-refractivity contribution in [2.45, 2.75) is 13.8 Å². The van der Waals surface area contributed by atoms with Crippen molar-refractivity contribution in [3.8, 4) is 5.69 Å². The van der Waals surface area contributed by atoms with Crippen LogP contribution in [0, 0.1) is 13.8 Å². The number of hydrogen-bond donors (Lipinski definition) is 0. The predicted octanol–water partition coefficient (Wildman–Crippen LogP) is 4.10. The summed E-state index contributed by atoms with van der Waals surface area (Å²) < 4.78 is 1.86. The summed E-state index contributed by atoms with van der Waals surface area (Å²) in [5.41, 5.74) is 5.08. The number of aromatic nitrogens is 2. The SMILES string of the molecule is Cc1ccc(Cl)cc1N1CCN(C(=O)c2ccc(-n3nccc3C)cc2)CC1. The third-order valence-corrected chi connectivity index (χ3v) is 5.50. The van der Waals surface area contributed by atoms with Crippen LogP contribution in [0.5, 0.6) is 0 Å².